The van der Waals surface area contributed by atoms with Gasteiger partial charge in [-0.1, -0.05) is 23.8 Å². The van der Waals surface area contributed by atoms with Crippen LogP contribution >= 0.6 is 11.3 Å². The molecule has 2 aliphatic rings. The second-order valence-corrected chi connectivity index (χ2v) is 12.8. The number of ether oxygens (including phenoxy) is 1. The number of nitrogens with zero attached hydrogens (tertiary/aromatic N) is 3. The van der Waals surface area contributed by atoms with Crippen LogP contribution in [0, 0.1) is 13.8 Å². The SMILES string of the molecule is Cc1ccc2sc(N(CC3CCCO3)C(=O)c3ccc(S(=O)(=O)N4CCCCC4C)cc3)nc2c1C. The Morgan fingerprint density at radius 1 is 1.11 bits per heavy atom. The van der Waals surface area contributed by atoms with Crippen molar-refractivity contribution in [3.05, 3.63) is 53.1 Å². The lowest BCUT2D eigenvalue weighted by Gasteiger charge is -2.32. The second-order valence-electron chi connectivity index (χ2n) is 9.89. The molecule has 0 aliphatic carbocycles. The van der Waals surface area contributed by atoms with Gasteiger partial charge in [-0.05, 0) is 87.9 Å². The zero-order chi connectivity index (χ0) is 25.4. The summed E-state index contributed by atoms with van der Waals surface area (Å²) in [5, 5.41) is 0.637. The van der Waals surface area contributed by atoms with Gasteiger partial charge in [0.15, 0.2) is 5.13 Å². The maximum absolute atomic E-state index is 13.8. The smallest absolute Gasteiger partial charge is 0.260 e. The molecule has 2 aromatic carbocycles. The summed E-state index contributed by atoms with van der Waals surface area (Å²) in [4.78, 5) is 20.5. The number of rotatable bonds is 6. The van der Waals surface area contributed by atoms with Crippen LogP contribution in [0.4, 0.5) is 5.13 Å². The van der Waals surface area contributed by atoms with Crippen LogP contribution in [0.15, 0.2) is 41.3 Å². The number of benzene rings is 2. The molecule has 2 atom stereocenters. The molecule has 0 bridgehead atoms. The lowest BCUT2D eigenvalue weighted by atomic mass is 10.1. The van der Waals surface area contributed by atoms with E-state index in [1.165, 1.54) is 11.3 Å². The molecule has 5 rings (SSSR count). The quantitative estimate of drug-likeness (QED) is 0.435. The molecule has 0 saturated carbocycles. The summed E-state index contributed by atoms with van der Waals surface area (Å²) < 4.78 is 34.9. The van der Waals surface area contributed by atoms with Gasteiger partial charge in [0.25, 0.3) is 5.91 Å². The molecule has 0 N–H and O–H groups in total. The molecule has 2 saturated heterocycles. The third-order valence-corrected chi connectivity index (χ3v) is 10.5. The Morgan fingerprint density at radius 2 is 1.89 bits per heavy atom. The van der Waals surface area contributed by atoms with Crippen molar-refractivity contribution in [1.29, 1.82) is 0 Å². The minimum Gasteiger partial charge on any atom is -0.376 e. The number of aryl methyl sites for hydroxylation is 2. The zero-order valence-corrected chi connectivity index (χ0v) is 22.7. The summed E-state index contributed by atoms with van der Waals surface area (Å²) in [7, 11) is -3.59. The van der Waals surface area contributed by atoms with Crippen molar-refractivity contribution >= 4 is 42.6 Å². The number of hydrogen-bond donors (Lipinski definition) is 0. The standard InChI is InChI=1S/C27H33N3O4S2/c1-18-9-14-24-25(20(18)3)28-27(35-24)29(17-22-8-6-16-34-22)26(31)21-10-12-23(13-11-21)36(32,33)30-15-5-4-7-19(30)2/h9-14,19,22H,4-8,15-17H2,1-3H3. The van der Waals surface area contributed by atoms with Crippen LogP contribution in [0.2, 0.25) is 0 Å². The van der Waals surface area contributed by atoms with Gasteiger partial charge in [-0.3, -0.25) is 9.69 Å². The van der Waals surface area contributed by atoms with E-state index in [-0.39, 0.29) is 22.9 Å². The van der Waals surface area contributed by atoms with E-state index in [0.717, 1.165) is 53.4 Å². The number of aromatic nitrogens is 1. The Balaban J connectivity index is 1.45. The van der Waals surface area contributed by atoms with E-state index in [0.29, 0.717) is 30.4 Å². The van der Waals surface area contributed by atoms with E-state index in [2.05, 4.69) is 26.0 Å². The molecule has 2 aliphatic heterocycles. The number of hydrogen-bond acceptors (Lipinski definition) is 6. The highest BCUT2D eigenvalue weighted by Gasteiger charge is 2.32. The Hall–Kier alpha value is -2.33. The van der Waals surface area contributed by atoms with Crippen molar-refractivity contribution in [2.45, 2.75) is 69.9 Å². The molecular formula is C27H33N3O4S2. The number of carbonyl (C=O) groups excluding carboxylic acids is 1. The first kappa shape index (κ1) is 25.3. The van der Waals surface area contributed by atoms with E-state index >= 15 is 0 Å². The fourth-order valence-electron chi connectivity index (χ4n) is 5.06. The van der Waals surface area contributed by atoms with E-state index in [4.69, 9.17) is 9.72 Å². The lowest BCUT2D eigenvalue weighted by Crippen LogP contribution is -2.42. The molecule has 1 aromatic heterocycles. The summed E-state index contributed by atoms with van der Waals surface area (Å²) >= 11 is 1.50. The fourth-order valence-corrected chi connectivity index (χ4v) is 7.79. The maximum Gasteiger partial charge on any atom is 0.260 e. The first-order valence-electron chi connectivity index (χ1n) is 12.7. The minimum atomic E-state index is -3.59. The highest BCUT2D eigenvalue weighted by atomic mass is 32.2. The number of fused-ring (bicyclic) bond motifs is 1. The van der Waals surface area contributed by atoms with Crippen molar-refractivity contribution in [1.82, 2.24) is 9.29 Å². The van der Waals surface area contributed by atoms with Crippen molar-refractivity contribution < 1.29 is 17.9 Å². The third kappa shape index (κ3) is 4.81. The van der Waals surface area contributed by atoms with Crippen LogP contribution in [0.5, 0.6) is 0 Å². The van der Waals surface area contributed by atoms with Crippen LogP contribution in [0.3, 0.4) is 0 Å². The number of anilines is 1. The van der Waals surface area contributed by atoms with E-state index < -0.39 is 10.0 Å². The summed E-state index contributed by atoms with van der Waals surface area (Å²) in [5.41, 5.74) is 3.63. The maximum atomic E-state index is 13.8. The van der Waals surface area contributed by atoms with Gasteiger partial charge < -0.3 is 4.74 Å². The average molecular weight is 528 g/mol. The van der Waals surface area contributed by atoms with Crippen LogP contribution in [-0.2, 0) is 14.8 Å². The normalized spacial score (nSPS) is 21.2. The summed E-state index contributed by atoms with van der Waals surface area (Å²) in [6, 6.07) is 10.5. The molecule has 36 heavy (non-hydrogen) atoms. The van der Waals surface area contributed by atoms with Gasteiger partial charge >= 0.3 is 0 Å². The van der Waals surface area contributed by atoms with Gasteiger partial charge in [-0.2, -0.15) is 4.31 Å². The van der Waals surface area contributed by atoms with Crippen molar-refractivity contribution in [2.24, 2.45) is 0 Å². The van der Waals surface area contributed by atoms with E-state index in [9.17, 15) is 13.2 Å². The van der Waals surface area contributed by atoms with Crippen LogP contribution in [-0.4, -0.2) is 55.5 Å². The third-order valence-electron chi connectivity index (χ3n) is 7.41. The van der Waals surface area contributed by atoms with Gasteiger partial charge in [0.1, 0.15) is 0 Å². The Bertz CT molecular complexity index is 1360. The van der Waals surface area contributed by atoms with Crippen molar-refractivity contribution in [2.75, 3.05) is 24.6 Å². The summed E-state index contributed by atoms with van der Waals surface area (Å²) in [5.74, 6) is -0.200. The lowest BCUT2D eigenvalue weighted by molar-refractivity contribution is 0.0917. The summed E-state index contributed by atoms with van der Waals surface area (Å²) in [6.07, 6.45) is 4.63. The van der Waals surface area contributed by atoms with Gasteiger partial charge in [0, 0.05) is 24.8 Å². The summed E-state index contributed by atoms with van der Waals surface area (Å²) in [6.45, 7) is 7.72. The molecule has 1 amide bonds. The van der Waals surface area contributed by atoms with Gasteiger partial charge in [-0.15, -0.1) is 0 Å². The molecule has 2 unspecified atom stereocenters. The fraction of sp³-hybridized carbons (Fsp3) is 0.481. The van der Waals surface area contributed by atoms with E-state index in [1.54, 1.807) is 33.5 Å². The largest absolute Gasteiger partial charge is 0.376 e. The predicted molar refractivity (Wildman–Crippen MR) is 143 cm³/mol. The van der Waals surface area contributed by atoms with Crippen LogP contribution in [0.1, 0.15) is 60.5 Å². The first-order chi connectivity index (χ1) is 17.3. The number of sulfonamides is 1. The highest BCUT2D eigenvalue weighted by molar-refractivity contribution is 7.89. The number of piperidine rings is 1. The van der Waals surface area contributed by atoms with Crippen molar-refractivity contribution in [3.8, 4) is 0 Å². The van der Waals surface area contributed by atoms with Gasteiger partial charge in [0.2, 0.25) is 10.0 Å². The highest BCUT2D eigenvalue weighted by Crippen LogP contribution is 2.34. The molecule has 2 fully saturated rings. The first-order valence-corrected chi connectivity index (χ1v) is 14.9. The molecular weight excluding hydrogens is 494 g/mol. The van der Waals surface area contributed by atoms with E-state index in [1.807, 2.05) is 6.92 Å². The Labute approximate surface area is 217 Å². The minimum absolute atomic E-state index is 0.0157. The Morgan fingerprint density at radius 3 is 2.58 bits per heavy atom. The number of thiazole rings is 1. The number of amides is 1. The van der Waals surface area contributed by atoms with Crippen LogP contribution < -0.4 is 4.90 Å². The second kappa shape index (κ2) is 10.2. The molecule has 3 aromatic rings. The Kier molecular flexibility index (Phi) is 7.18. The topological polar surface area (TPSA) is 79.8 Å². The average Bonchev–Trinajstić information content (AvgIpc) is 3.55. The zero-order valence-electron chi connectivity index (χ0n) is 21.1. The molecule has 0 radical (unpaired) electrons. The molecule has 3 heterocycles. The predicted octanol–water partition coefficient (Wildman–Crippen LogP) is 5.30. The van der Waals surface area contributed by atoms with Gasteiger partial charge in [-0.25, -0.2) is 13.4 Å². The van der Waals surface area contributed by atoms with Crippen LogP contribution in [0.25, 0.3) is 10.2 Å². The molecule has 192 valence electrons. The monoisotopic (exact) mass is 527 g/mol. The molecule has 9 heteroatoms. The van der Waals surface area contributed by atoms with Gasteiger partial charge in [0.05, 0.1) is 27.8 Å². The molecule has 0 spiro atoms. The van der Waals surface area contributed by atoms with Crippen molar-refractivity contribution in [3.63, 3.8) is 0 Å². The molecule has 7 nitrogen and oxygen atoms in total. The number of carbonyl (C=O) groups is 1.